The number of ketones is 3. The van der Waals surface area contributed by atoms with Crippen molar-refractivity contribution in [2.24, 2.45) is 10.2 Å². The number of nitrogens with two attached hydrogens (primary N) is 1. The fourth-order valence-electron chi connectivity index (χ4n) is 4.73. The van der Waals surface area contributed by atoms with E-state index in [2.05, 4.69) is 20.9 Å². The molecule has 0 saturated carbocycles. The molecule has 1 amide bonds. The minimum atomic E-state index is -3.95. The van der Waals surface area contributed by atoms with Crippen LogP contribution in [0.3, 0.4) is 0 Å². The number of benzene rings is 4. The molecule has 5 aromatic rings. The smallest absolute Gasteiger partial charge is 0.276 e. The van der Waals surface area contributed by atoms with Gasteiger partial charge in [-0.1, -0.05) is 66.7 Å². The van der Waals surface area contributed by atoms with Crippen molar-refractivity contribution in [1.29, 1.82) is 0 Å². The number of nitrogens with one attached hydrogen (secondary N) is 2. The van der Waals surface area contributed by atoms with Crippen LogP contribution in [0.5, 0.6) is 0 Å². The Morgan fingerprint density at radius 2 is 1.38 bits per heavy atom. The zero-order valence-electron chi connectivity index (χ0n) is 25.2. The predicted molar refractivity (Wildman–Crippen MR) is 177 cm³/mol. The normalized spacial score (nSPS) is 11.0. The molecule has 0 aliphatic rings. The van der Waals surface area contributed by atoms with Gasteiger partial charge in [-0.15, -0.1) is 0 Å². The summed E-state index contributed by atoms with van der Waals surface area (Å²) in [6.45, 7) is 2.47. The summed E-state index contributed by atoms with van der Waals surface area (Å²) in [4.78, 5) is 51.7. The standard InChI is InChI=1S/C34H28N6O6S/c1-21(41)30(22(2)42)38-37-26-14-9-15-27(20-26)40-32(23-10-5-3-6-11-23)29(33(43)24-12-7-4-8-13-24)31(39-40)34(44)36-25-16-18-28(19-17-25)47(35,45)46/h3-20,37H,1-2H3,(H,36,44)(H2,35,45,46). The van der Waals surface area contributed by atoms with E-state index in [9.17, 15) is 27.6 Å². The molecule has 0 atom stereocenters. The third-order valence-electron chi connectivity index (χ3n) is 6.91. The molecular weight excluding hydrogens is 620 g/mol. The number of Topliss-reactive ketones (excluding diaryl/α,β-unsaturated/α-hetero) is 2. The van der Waals surface area contributed by atoms with E-state index in [-0.39, 0.29) is 27.6 Å². The highest BCUT2D eigenvalue weighted by molar-refractivity contribution is 7.89. The highest BCUT2D eigenvalue weighted by Gasteiger charge is 2.30. The number of nitrogens with zero attached hydrogens (tertiary/aromatic N) is 3. The lowest BCUT2D eigenvalue weighted by Gasteiger charge is -2.11. The average Bonchev–Trinajstić information content (AvgIpc) is 3.46. The minimum absolute atomic E-state index is 0.0212. The SMILES string of the molecule is CC(=O)C(=NNc1cccc(-n2nc(C(=O)Nc3ccc(S(N)(=O)=O)cc3)c(C(=O)c3ccccc3)c2-c2ccccc2)c1)C(C)=O. The van der Waals surface area contributed by atoms with Crippen LogP contribution in [0.4, 0.5) is 11.4 Å². The van der Waals surface area contributed by atoms with Crippen molar-refractivity contribution in [3.63, 3.8) is 0 Å². The first-order chi connectivity index (χ1) is 22.4. The zero-order chi connectivity index (χ0) is 33.7. The number of carbonyl (C=O) groups excluding carboxylic acids is 4. The van der Waals surface area contributed by atoms with Crippen molar-refractivity contribution in [2.45, 2.75) is 18.7 Å². The summed E-state index contributed by atoms with van der Waals surface area (Å²) < 4.78 is 24.9. The lowest BCUT2D eigenvalue weighted by atomic mass is 9.97. The van der Waals surface area contributed by atoms with Crippen LogP contribution in [0.15, 0.2) is 119 Å². The van der Waals surface area contributed by atoms with Crippen LogP contribution < -0.4 is 15.9 Å². The second-order valence-corrected chi connectivity index (χ2v) is 11.9. The summed E-state index contributed by atoms with van der Waals surface area (Å²) in [5.41, 5.74) is 4.59. The lowest BCUT2D eigenvalue weighted by molar-refractivity contribution is -0.114. The highest BCUT2D eigenvalue weighted by Crippen LogP contribution is 2.32. The van der Waals surface area contributed by atoms with E-state index in [4.69, 9.17) is 5.14 Å². The van der Waals surface area contributed by atoms with Gasteiger partial charge < -0.3 is 5.32 Å². The molecule has 4 aromatic carbocycles. The number of hydrogen-bond acceptors (Lipinski definition) is 9. The summed E-state index contributed by atoms with van der Waals surface area (Å²) in [7, 11) is -3.95. The zero-order valence-corrected chi connectivity index (χ0v) is 26.0. The molecule has 236 valence electrons. The van der Waals surface area contributed by atoms with Gasteiger partial charge >= 0.3 is 0 Å². The molecule has 13 heteroatoms. The molecule has 0 aliphatic carbocycles. The Bertz CT molecular complexity index is 2130. The molecule has 0 bridgehead atoms. The largest absolute Gasteiger partial charge is 0.321 e. The topological polar surface area (TPSA) is 183 Å². The average molecular weight is 649 g/mol. The summed E-state index contributed by atoms with van der Waals surface area (Å²) in [6.07, 6.45) is 0. The molecule has 0 saturated heterocycles. The first-order valence-electron chi connectivity index (χ1n) is 14.1. The molecule has 0 aliphatic heterocycles. The Morgan fingerprint density at radius 3 is 1.98 bits per heavy atom. The van der Waals surface area contributed by atoms with Gasteiger partial charge in [0.1, 0.15) is 0 Å². The summed E-state index contributed by atoms with van der Waals surface area (Å²) in [5, 5.41) is 16.5. The number of aromatic nitrogens is 2. The number of anilines is 2. The Balaban J connectivity index is 1.68. The number of amides is 1. The molecular formula is C34H28N6O6S. The lowest BCUT2D eigenvalue weighted by Crippen LogP contribution is -2.20. The molecule has 0 spiro atoms. The molecule has 0 fully saturated rings. The number of carbonyl (C=O) groups is 4. The number of sulfonamides is 1. The second-order valence-electron chi connectivity index (χ2n) is 10.3. The fourth-order valence-corrected chi connectivity index (χ4v) is 5.24. The molecule has 1 aromatic heterocycles. The summed E-state index contributed by atoms with van der Waals surface area (Å²) >= 11 is 0. The van der Waals surface area contributed by atoms with E-state index in [0.29, 0.717) is 28.2 Å². The third-order valence-corrected chi connectivity index (χ3v) is 7.84. The van der Waals surface area contributed by atoms with E-state index in [1.54, 1.807) is 78.9 Å². The van der Waals surface area contributed by atoms with Crippen molar-refractivity contribution < 1.29 is 27.6 Å². The molecule has 4 N–H and O–H groups in total. The van der Waals surface area contributed by atoms with Gasteiger partial charge in [0, 0.05) is 30.7 Å². The number of rotatable bonds is 11. The second kappa shape index (κ2) is 13.5. The fraction of sp³-hybridized carbons (Fsp3) is 0.0588. The van der Waals surface area contributed by atoms with E-state index in [1.165, 1.54) is 42.8 Å². The molecule has 0 unspecified atom stereocenters. The summed E-state index contributed by atoms with van der Waals surface area (Å²) in [6, 6.07) is 29.3. The monoisotopic (exact) mass is 648 g/mol. The van der Waals surface area contributed by atoms with Gasteiger partial charge in [0.05, 0.1) is 27.5 Å². The van der Waals surface area contributed by atoms with Crippen molar-refractivity contribution in [3.8, 4) is 16.9 Å². The van der Waals surface area contributed by atoms with Crippen LogP contribution in [0, 0.1) is 0 Å². The predicted octanol–water partition coefficient (Wildman–Crippen LogP) is 4.62. The quantitative estimate of drug-likeness (QED) is 0.0802. The molecule has 47 heavy (non-hydrogen) atoms. The Hall–Kier alpha value is -6.05. The van der Waals surface area contributed by atoms with Gasteiger partial charge in [-0.3, -0.25) is 24.6 Å². The van der Waals surface area contributed by atoms with Crippen molar-refractivity contribution in [3.05, 3.63) is 126 Å². The number of hydrazone groups is 1. The van der Waals surface area contributed by atoms with Gasteiger partial charge in [-0.2, -0.15) is 10.2 Å². The first kappa shape index (κ1) is 32.3. The van der Waals surface area contributed by atoms with E-state index in [0.717, 1.165) is 0 Å². The van der Waals surface area contributed by atoms with Crippen molar-refractivity contribution in [1.82, 2.24) is 9.78 Å². The number of hydrogen-bond donors (Lipinski definition) is 3. The van der Waals surface area contributed by atoms with Crippen molar-refractivity contribution >= 4 is 50.4 Å². The van der Waals surface area contributed by atoms with Gasteiger partial charge in [0.2, 0.25) is 10.0 Å². The molecule has 0 radical (unpaired) electrons. The van der Waals surface area contributed by atoms with E-state index >= 15 is 0 Å². The molecule has 1 heterocycles. The summed E-state index contributed by atoms with van der Waals surface area (Å²) in [5.74, 6) is -2.19. The Labute approximate surface area is 270 Å². The van der Waals surface area contributed by atoms with Gasteiger partial charge in [0.15, 0.2) is 28.8 Å². The van der Waals surface area contributed by atoms with Crippen LogP contribution in [0.1, 0.15) is 40.3 Å². The van der Waals surface area contributed by atoms with Gasteiger partial charge in [-0.25, -0.2) is 18.2 Å². The van der Waals surface area contributed by atoms with Gasteiger partial charge in [0.25, 0.3) is 5.91 Å². The minimum Gasteiger partial charge on any atom is -0.321 e. The Morgan fingerprint density at radius 1 is 0.766 bits per heavy atom. The highest BCUT2D eigenvalue weighted by atomic mass is 32.2. The molecule has 12 nitrogen and oxygen atoms in total. The van der Waals surface area contributed by atoms with Gasteiger partial charge in [-0.05, 0) is 42.5 Å². The van der Waals surface area contributed by atoms with Crippen LogP contribution >= 0.6 is 0 Å². The number of primary sulfonamides is 1. The van der Waals surface area contributed by atoms with E-state index in [1.807, 2.05) is 6.07 Å². The third kappa shape index (κ3) is 7.27. The van der Waals surface area contributed by atoms with Crippen LogP contribution in [-0.2, 0) is 19.6 Å². The van der Waals surface area contributed by atoms with Crippen LogP contribution in [0.25, 0.3) is 16.9 Å². The van der Waals surface area contributed by atoms with Crippen molar-refractivity contribution in [2.75, 3.05) is 10.7 Å². The first-order valence-corrected chi connectivity index (χ1v) is 15.7. The van der Waals surface area contributed by atoms with E-state index < -0.39 is 33.3 Å². The maximum atomic E-state index is 14.2. The van der Waals surface area contributed by atoms with Crippen LogP contribution in [-0.4, -0.2) is 47.2 Å². The maximum Gasteiger partial charge on any atom is 0.276 e. The Kier molecular flexibility index (Phi) is 9.31. The molecule has 5 rings (SSSR count). The maximum absolute atomic E-state index is 14.2. The van der Waals surface area contributed by atoms with Crippen LogP contribution in [0.2, 0.25) is 0 Å².